The third-order valence-corrected chi connectivity index (χ3v) is 15.9. The fourth-order valence-electron chi connectivity index (χ4n) is 12.8. The van der Waals surface area contributed by atoms with Crippen molar-refractivity contribution in [3.63, 3.8) is 0 Å². The van der Waals surface area contributed by atoms with Crippen molar-refractivity contribution in [3.8, 4) is 0 Å². The predicted molar refractivity (Wildman–Crippen MR) is 194 cm³/mol. The van der Waals surface area contributed by atoms with Gasteiger partial charge < -0.3 is 68.9 Å². The van der Waals surface area contributed by atoms with Gasteiger partial charge in [0.15, 0.2) is 18.9 Å². The monoisotopic (exact) mass is 796 g/mol. The van der Waals surface area contributed by atoms with Gasteiger partial charge in [0.1, 0.15) is 24.9 Å². The van der Waals surface area contributed by atoms with E-state index < -0.39 is 109 Å². The first-order valence-electron chi connectivity index (χ1n) is 21.0. The Balaban J connectivity index is 0.845. The van der Waals surface area contributed by atoms with Crippen molar-refractivity contribution in [2.75, 3.05) is 6.61 Å². The summed E-state index contributed by atoms with van der Waals surface area (Å²) in [5.74, 6) is -0.755. The Morgan fingerprint density at radius 1 is 0.696 bits per heavy atom. The lowest BCUT2D eigenvalue weighted by Crippen LogP contribution is -2.67. The maximum Gasteiger partial charge on any atom is 0.331 e. The van der Waals surface area contributed by atoms with E-state index in [2.05, 4.69) is 6.92 Å². The molecule has 3 saturated heterocycles. The van der Waals surface area contributed by atoms with Crippen molar-refractivity contribution in [1.29, 1.82) is 0 Å². The average molecular weight is 797 g/mol. The fraction of sp³-hybridized carbons (Fsp3) is 0.927. The first-order chi connectivity index (χ1) is 26.4. The highest BCUT2D eigenvalue weighted by Gasteiger charge is 2.73. The molecule has 0 amide bonds. The van der Waals surface area contributed by atoms with Crippen LogP contribution in [0.2, 0.25) is 0 Å². The SMILES string of the molecule is C[C@@H]1O[C@H](O[C@@H]2[C@H](O)C[C@H](O[C@@H]3[C@@H](O)C[C@@H](O[C@H]4CC[C@@]5(C)[C@H](CC[C@@H]6[C@@H]5C[C@@H](O)[C@]5(C)[C@@H](C7=CC(=O)OC7)[C@@H](O)C[C@]65O)C4)O[C@@H]3C)O[C@@H]2C)C[C@H](O)[C@@H]1O. The first kappa shape index (κ1) is 41.4. The zero-order valence-corrected chi connectivity index (χ0v) is 33.2. The molecular formula is C41H64O15. The summed E-state index contributed by atoms with van der Waals surface area (Å²) in [6.07, 6.45) is -4.69. The number of hydrogen-bond acceptors (Lipinski definition) is 15. The fourth-order valence-corrected chi connectivity index (χ4v) is 12.8. The molecule has 4 saturated carbocycles. The van der Waals surface area contributed by atoms with Crippen LogP contribution in [0.5, 0.6) is 0 Å². The highest BCUT2D eigenvalue weighted by Crippen LogP contribution is 2.70. The van der Waals surface area contributed by atoms with Gasteiger partial charge in [0.25, 0.3) is 0 Å². The molecule has 15 heteroatoms. The number of esters is 1. The molecule has 4 heterocycles. The number of aliphatic hydroxyl groups is 7. The maximum absolute atomic E-state index is 12.6. The number of carbonyl (C=O) groups is 1. The van der Waals surface area contributed by atoms with Crippen molar-refractivity contribution >= 4 is 5.97 Å². The molecule has 8 aliphatic rings. The maximum atomic E-state index is 12.6. The van der Waals surface area contributed by atoms with Crippen LogP contribution in [-0.2, 0) is 38.0 Å². The van der Waals surface area contributed by atoms with E-state index in [0.717, 1.165) is 32.1 Å². The van der Waals surface area contributed by atoms with Gasteiger partial charge in [-0.3, -0.25) is 0 Å². The molecule has 15 nitrogen and oxygen atoms in total. The lowest BCUT2D eigenvalue weighted by Gasteiger charge is -2.65. The van der Waals surface area contributed by atoms with Gasteiger partial charge in [0, 0.05) is 43.1 Å². The largest absolute Gasteiger partial charge is 0.458 e. The van der Waals surface area contributed by atoms with Gasteiger partial charge in [-0.25, -0.2) is 4.79 Å². The number of ether oxygens (including phenoxy) is 7. The quantitative estimate of drug-likeness (QED) is 0.142. The van der Waals surface area contributed by atoms with E-state index in [1.54, 1.807) is 13.8 Å². The molecule has 0 spiro atoms. The van der Waals surface area contributed by atoms with Crippen molar-refractivity contribution in [3.05, 3.63) is 11.6 Å². The van der Waals surface area contributed by atoms with Crippen LogP contribution in [0.4, 0.5) is 0 Å². The van der Waals surface area contributed by atoms with Crippen LogP contribution in [0.15, 0.2) is 11.6 Å². The van der Waals surface area contributed by atoms with Gasteiger partial charge in [0.2, 0.25) is 0 Å². The Morgan fingerprint density at radius 2 is 1.29 bits per heavy atom. The summed E-state index contributed by atoms with van der Waals surface area (Å²) < 4.78 is 42.0. The number of cyclic esters (lactones) is 1. The van der Waals surface area contributed by atoms with E-state index in [0.29, 0.717) is 17.9 Å². The van der Waals surface area contributed by atoms with Crippen LogP contribution >= 0.6 is 0 Å². The highest BCUT2D eigenvalue weighted by atomic mass is 16.7. The third kappa shape index (κ3) is 6.91. The van der Waals surface area contributed by atoms with E-state index >= 15 is 0 Å². The Morgan fingerprint density at radius 3 is 1.86 bits per heavy atom. The minimum Gasteiger partial charge on any atom is -0.458 e. The van der Waals surface area contributed by atoms with E-state index in [1.807, 2.05) is 13.8 Å². The standard InChI is InChI=1S/C41H64O15/c1-18-36(48)26(42)13-33(51-18)55-38-20(3)53-34(15-28(38)44)56-37-19(2)52-32(14-27(37)43)54-23-8-9-39(4)22(11-23)6-7-24-25(39)12-30(46)40(5)35(21-10-31(47)50-17-21)29(45)16-41(24,40)49/h10,18-20,22-30,32-38,42-46,48-49H,6-9,11-17H2,1-5H3/t18-,19+,20+,22+,23-,24+,25-,26-,27-,28+,29-,30+,32+,33+,34-,35-,36+,37-,38-,39-,40+,41-/m0/s1. The number of carbonyl (C=O) groups excluding carboxylic acids is 1. The van der Waals surface area contributed by atoms with Crippen LogP contribution in [0.25, 0.3) is 0 Å². The summed E-state index contributed by atoms with van der Waals surface area (Å²) >= 11 is 0. The Labute approximate surface area is 328 Å². The molecule has 0 aromatic heterocycles. The van der Waals surface area contributed by atoms with Gasteiger partial charge in [0.05, 0.1) is 60.5 Å². The minimum atomic E-state index is -1.29. The Bertz CT molecular complexity index is 1440. The number of fused-ring (bicyclic) bond motifs is 5. The molecule has 8 rings (SSSR count). The Hall–Kier alpha value is -1.31. The normalized spacial score (nSPS) is 56.1. The molecule has 4 aliphatic heterocycles. The third-order valence-electron chi connectivity index (χ3n) is 15.9. The minimum absolute atomic E-state index is 0.0543. The van der Waals surface area contributed by atoms with Crippen molar-refractivity contribution in [2.24, 2.45) is 34.5 Å². The number of hydrogen-bond donors (Lipinski definition) is 7. The summed E-state index contributed by atoms with van der Waals surface area (Å²) in [6, 6.07) is 0. The summed E-state index contributed by atoms with van der Waals surface area (Å²) in [7, 11) is 0. The molecule has 7 fully saturated rings. The molecular weight excluding hydrogens is 732 g/mol. The van der Waals surface area contributed by atoms with Crippen LogP contribution < -0.4 is 0 Å². The van der Waals surface area contributed by atoms with Crippen molar-refractivity contribution in [2.45, 2.75) is 197 Å². The lowest BCUT2D eigenvalue weighted by atomic mass is 9.42. The summed E-state index contributed by atoms with van der Waals surface area (Å²) in [4.78, 5) is 12.0. The zero-order valence-electron chi connectivity index (χ0n) is 33.2. The molecule has 0 radical (unpaired) electrons. The van der Waals surface area contributed by atoms with Crippen LogP contribution in [-0.4, -0.2) is 146 Å². The molecule has 7 N–H and O–H groups in total. The second-order valence-electron chi connectivity index (χ2n) is 19.0. The van der Waals surface area contributed by atoms with Gasteiger partial charge in [-0.2, -0.15) is 0 Å². The molecule has 0 unspecified atom stereocenters. The molecule has 0 aromatic carbocycles. The molecule has 22 atom stereocenters. The second kappa shape index (κ2) is 15.3. The summed E-state index contributed by atoms with van der Waals surface area (Å²) in [6.45, 7) is 9.48. The second-order valence-corrected chi connectivity index (χ2v) is 19.0. The van der Waals surface area contributed by atoms with Crippen molar-refractivity contribution < 1.29 is 73.7 Å². The molecule has 318 valence electrons. The Kier molecular flexibility index (Phi) is 11.3. The van der Waals surface area contributed by atoms with Crippen molar-refractivity contribution in [1.82, 2.24) is 0 Å². The molecule has 0 aromatic rings. The lowest BCUT2D eigenvalue weighted by molar-refractivity contribution is -0.336. The first-order valence-corrected chi connectivity index (χ1v) is 21.0. The summed E-state index contributed by atoms with van der Waals surface area (Å²) in [5, 5.41) is 78.2. The van der Waals surface area contributed by atoms with Gasteiger partial charge in [-0.15, -0.1) is 0 Å². The van der Waals surface area contributed by atoms with Gasteiger partial charge in [-0.1, -0.05) is 13.8 Å². The summed E-state index contributed by atoms with van der Waals surface area (Å²) in [5.41, 5.74) is -1.79. The van der Waals surface area contributed by atoms with Crippen LogP contribution in [0, 0.1) is 34.5 Å². The van der Waals surface area contributed by atoms with Crippen LogP contribution in [0.1, 0.15) is 98.8 Å². The molecule has 0 bridgehead atoms. The highest BCUT2D eigenvalue weighted by molar-refractivity contribution is 5.85. The van der Waals surface area contributed by atoms with E-state index in [4.69, 9.17) is 33.2 Å². The van der Waals surface area contributed by atoms with Gasteiger partial charge >= 0.3 is 5.97 Å². The van der Waals surface area contributed by atoms with Crippen LogP contribution in [0.3, 0.4) is 0 Å². The van der Waals surface area contributed by atoms with E-state index in [1.165, 1.54) is 6.08 Å². The van der Waals surface area contributed by atoms with E-state index in [9.17, 15) is 40.5 Å². The van der Waals surface area contributed by atoms with Gasteiger partial charge in [-0.05, 0) is 88.0 Å². The topological polar surface area (TPSA) is 223 Å². The molecule has 56 heavy (non-hydrogen) atoms. The smallest absolute Gasteiger partial charge is 0.331 e. The number of aliphatic hydroxyl groups excluding tert-OH is 6. The molecule has 4 aliphatic carbocycles. The van der Waals surface area contributed by atoms with E-state index in [-0.39, 0.29) is 55.6 Å². The number of rotatable bonds is 7. The predicted octanol–water partition coefficient (Wildman–Crippen LogP) is 1.19. The average Bonchev–Trinajstić information content (AvgIpc) is 3.64. The zero-order chi connectivity index (χ0) is 40.1.